The van der Waals surface area contributed by atoms with Crippen molar-refractivity contribution in [2.45, 2.75) is 0 Å². The van der Waals surface area contributed by atoms with Crippen molar-refractivity contribution >= 4 is 16.6 Å². The Kier molecular flexibility index (Phi) is 1.51. The maximum Gasteiger partial charge on any atom is 0.139 e. The Morgan fingerprint density at radius 2 is 2.31 bits per heavy atom. The van der Waals surface area contributed by atoms with Gasteiger partial charge in [-0.05, 0) is 12.1 Å². The maximum absolute atomic E-state index is 9.30. The van der Waals surface area contributed by atoms with Gasteiger partial charge in [-0.1, -0.05) is 4.85 Å². The molecule has 0 aliphatic carbocycles. The Bertz CT molecular complexity index is 450. The lowest BCUT2D eigenvalue weighted by atomic mass is 10.2. The minimum Gasteiger partial charge on any atom is -0.506 e. The molecule has 0 saturated heterocycles. The third-order valence-electron chi connectivity index (χ3n) is 1.86. The van der Waals surface area contributed by atoms with E-state index in [9.17, 15) is 5.11 Å². The van der Waals surface area contributed by atoms with Gasteiger partial charge < -0.3 is 15.7 Å². The Labute approximate surface area is 74.3 Å². The molecule has 2 rings (SSSR count). The molecule has 5 heteroatoms. The number of hydrogen-bond donors (Lipinski definition) is 2. The van der Waals surface area contributed by atoms with E-state index in [-0.39, 0.29) is 5.75 Å². The van der Waals surface area contributed by atoms with Crippen LogP contribution in [0.5, 0.6) is 5.75 Å². The van der Waals surface area contributed by atoms with Gasteiger partial charge in [0.05, 0.1) is 11.9 Å². The molecule has 0 fully saturated rings. The van der Waals surface area contributed by atoms with Crippen LogP contribution in [0.15, 0.2) is 18.3 Å². The van der Waals surface area contributed by atoms with Gasteiger partial charge in [0.15, 0.2) is 0 Å². The van der Waals surface area contributed by atoms with E-state index in [1.807, 2.05) is 0 Å². The van der Waals surface area contributed by atoms with Crippen molar-refractivity contribution in [3.8, 4) is 5.75 Å². The normalized spacial score (nSPS) is 10.5. The van der Waals surface area contributed by atoms with Crippen molar-refractivity contribution in [3.05, 3.63) is 18.3 Å². The van der Waals surface area contributed by atoms with Crippen LogP contribution in [0.1, 0.15) is 0 Å². The predicted octanol–water partition coefficient (Wildman–Crippen LogP) is 0.382. The van der Waals surface area contributed by atoms with Crippen molar-refractivity contribution in [2.24, 2.45) is 0 Å². The van der Waals surface area contributed by atoms with E-state index in [1.165, 1.54) is 12.0 Å². The van der Waals surface area contributed by atoms with Gasteiger partial charge in [-0.3, -0.25) is 0 Å². The largest absolute Gasteiger partial charge is 0.506 e. The molecular weight excluding hydrogens is 170 g/mol. The summed E-state index contributed by atoms with van der Waals surface area (Å²) in [7, 11) is 1.51. The van der Waals surface area contributed by atoms with Crippen molar-refractivity contribution in [1.82, 2.24) is 9.94 Å². The fourth-order valence-corrected chi connectivity index (χ4v) is 1.20. The lowest BCUT2D eigenvalue weighted by Crippen LogP contribution is -2.06. The maximum atomic E-state index is 9.30. The van der Waals surface area contributed by atoms with E-state index in [0.29, 0.717) is 5.69 Å². The second-order valence-electron chi connectivity index (χ2n) is 2.67. The van der Waals surface area contributed by atoms with Gasteiger partial charge in [-0.15, -0.1) is 5.10 Å². The fraction of sp³-hybridized carbons (Fsp3) is 0.125. The zero-order valence-corrected chi connectivity index (χ0v) is 7.06. The first-order valence-electron chi connectivity index (χ1n) is 3.73. The number of phenols is 1. The van der Waals surface area contributed by atoms with E-state index in [1.54, 1.807) is 18.3 Å². The minimum absolute atomic E-state index is 0.0585. The Balaban J connectivity index is 2.77. The molecule has 0 aliphatic rings. The van der Waals surface area contributed by atoms with E-state index in [4.69, 9.17) is 10.6 Å². The van der Waals surface area contributed by atoms with Gasteiger partial charge >= 0.3 is 0 Å². The predicted molar refractivity (Wildman–Crippen MR) is 48.3 cm³/mol. The smallest absolute Gasteiger partial charge is 0.139 e. The molecule has 2 aromatic rings. The summed E-state index contributed by atoms with van der Waals surface area (Å²) < 4.78 is 0. The first kappa shape index (κ1) is 7.72. The molecule has 0 amide bonds. The molecule has 0 spiro atoms. The van der Waals surface area contributed by atoms with Crippen LogP contribution >= 0.6 is 0 Å². The molecular formula is C8H9N3O2. The Morgan fingerprint density at radius 3 is 3.00 bits per heavy atom. The van der Waals surface area contributed by atoms with Gasteiger partial charge in [0, 0.05) is 5.39 Å². The number of benzene rings is 1. The molecule has 1 heterocycles. The number of aromatic hydroxyl groups is 1. The number of nitrogens with zero attached hydrogens (tertiary/aromatic N) is 2. The average Bonchev–Trinajstić information content (AvgIpc) is 2.48. The van der Waals surface area contributed by atoms with Crippen LogP contribution in [0.25, 0.3) is 10.9 Å². The SMILES string of the molecule is COn1ncc2cc(O)c(N)cc21. The van der Waals surface area contributed by atoms with Gasteiger partial charge in [0.2, 0.25) is 0 Å². The number of fused-ring (bicyclic) bond motifs is 1. The molecule has 68 valence electrons. The van der Waals surface area contributed by atoms with Crippen molar-refractivity contribution in [3.63, 3.8) is 0 Å². The summed E-state index contributed by atoms with van der Waals surface area (Å²) in [6, 6.07) is 3.16. The third kappa shape index (κ3) is 1.05. The molecule has 0 radical (unpaired) electrons. The summed E-state index contributed by atoms with van der Waals surface area (Å²) in [4.78, 5) is 6.27. The number of phenolic OH excluding ortho intramolecular Hbond substituents is 1. The summed E-state index contributed by atoms with van der Waals surface area (Å²) in [5.74, 6) is 0.0585. The number of rotatable bonds is 1. The third-order valence-corrected chi connectivity index (χ3v) is 1.86. The fourth-order valence-electron chi connectivity index (χ4n) is 1.20. The second kappa shape index (κ2) is 2.55. The van der Waals surface area contributed by atoms with Crippen LogP contribution in [0.4, 0.5) is 5.69 Å². The average molecular weight is 179 g/mol. The topological polar surface area (TPSA) is 73.3 Å². The number of nitrogens with two attached hydrogens (primary N) is 1. The molecule has 5 nitrogen and oxygen atoms in total. The van der Waals surface area contributed by atoms with Crippen LogP contribution in [0, 0.1) is 0 Å². The Morgan fingerprint density at radius 1 is 1.54 bits per heavy atom. The van der Waals surface area contributed by atoms with Gasteiger partial charge in [-0.25, -0.2) is 0 Å². The van der Waals surface area contributed by atoms with E-state index >= 15 is 0 Å². The molecule has 0 unspecified atom stereocenters. The lowest BCUT2D eigenvalue weighted by Gasteiger charge is -2.01. The molecule has 0 bridgehead atoms. The van der Waals surface area contributed by atoms with Crippen LogP contribution < -0.4 is 10.6 Å². The van der Waals surface area contributed by atoms with Crippen molar-refractivity contribution in [1.29, 1.82) is 0 Å². The summed E-state index contributed by atoms with van der Waals surface area (Å²) >= 11 is 0. The quantitative estimate of drug-likeness (QED) is 0.490. The highest BCUT2D eigenvalue weighted by molar-refractivity contribution is 5.84. The number of anilines is 1. The molecule has 0 saturated carbocycles. The summed E-state index contributed by atoms with van der Waals surface area (Å²) in [6.07, 6.45) is 1.60. The highest BCUT2D eigenvalue weighted by Crippen LogP contribution is 2.25. The lowest BCUT2D eigenvalue weighted by molar-refractivity contribution is 0.145. The molecule has 1 aromatic heterocycles. The van der Waals surface area contributed by atoms with Gasteiger partial charge in [-0.2, -0.15) is 0 Å². The monoisotopic (exact) mass is 179 g/mol. The molecule has 0 atom stereocenters. The summed E-state index contributed by atoms with van der Waals surface area (Å²) in [5, 5.41) is 14.0. The highest BCUT2D eigenvalue weighted by atomic mass is 16.7. The van der Waals surface area contributed by atoms with Crippen LogP contribution in [0.3, 0.4) is 0 Å². The molecule has 13 heavy (non-hydrogen) atoms. The van der Waals surface area contributed by atoms with Crippen LogP contribution in [0.2, 0.25) is 0 Å². The summed E-state index contributed by atoms with van der Waals surface area (Å²) in [6.45, 7) is 0. The van der Waals surface area contributed by atoms with Gasteiger partial charge in [0.25, 0.3) is 0 Å². The van der Waals surface area contributed by atoms with Crippen LogP contribution in [-0.2, 0) is 0 Å². The Hall–Kier alpha value is -1.91. The highest BCUT2D eigenvalue weighted by Gasteiger charge is 2.05. The zero-order valence-electron chi connectivity index (χ0n) is 7.06. The molecule has 0 aliphatic heterocycles. The molecule has 3 N–H and O–H groups in total. The van der Waals surface area contributed by atoms with E-state index in [0.717, 1.165) is 10.9 Å². The number of aromatic nitrogens is 2. The standard InChI is InChI=1S/C8H9N3O2/c1-13-11-7-3-6(9)8(12)2-5(7)4-10-11/h2-4,12H,9H2,1H3. The first-order valence-corrected chi connectivity index (χ1v) is 3.73. The van der Waals surface area contributed by atoms with Crippen LogP contribution in [-0.4, -0.2) is 22.2 Å². The van der Waals surface area contributed by atoms with E-state index in [2.05, 4.69) is 5.10 Å². The number of hydrogen-bond acceptors (Lipinski definition) is 4. The van der Waals surface area contributed by atoms with Crippen molar-refractivity contribution in [2.75, 3.05) is 12.8 Å². The van der Waals surface area contributed by atoms with E-state index < -0.39 is 0 Å². The molecule has 1 aromatic carbocycles. The second-order valence-corrected chi connectivity index (χ2v) is 2.67. The summed E-state index contributed by atoms with van der Waals surface area (Å²) in [5.41, 5.74) is 6.57. The van der Waals surface area contributed by atoms with Gasteiger partial charge in [0.1, 0.15) is 18.4 Å². The zero-order chi connectivity index (χ0) is 9.42. The first-order chi connectivity index (χ1) is 6.22. The van der Waals surface area contributed by atoms with Crippen molar-refractivity contribution < 1.29 is 9.94 Å². The number of nitrogen functional groups attached to an aromatic ring is 1. The minimum atomic E-state index is 0.0585.